The van der Waals surface area contributed by atoms with Gasteiger partial charge in [-0.2, -0.15) is 0 Å². The van der Waals surface area contributed by atoms with E-state index in [-0.39, 0.29) is 18.1 Å². The van der Waals surface area contributed by atoms with Crippen molar-refractivity contribution in [1.29, 1.82) is 0 Å². The quantitative estimate of drug-likeness (QED) is 0.526. The van der Waals surface area contributed by atoms with Crippen LogP contribution in [-0.4, -0.2) is 21.8 Å². The Morgan fingerprint density at radius 1 is 1.12 bits per heavy atom. The highest BCUT2D eigenvalue weighted by atomic mass is 16.6. The molecule has 1 aliphatic heterocycles. The van der Waals surface area contributed by atoms with E-state index in [9.17, 15) is 19.7 Å². The smallest absolute Gasteiger partial charge is 0.319 e. The minimum atomic E-state index is -1.24. The molecule has 0 saturated carbocycles. The first-order valence-corrected chi connectivity index (χ1v) is 7.76. The van der Waals surface area contributed by atoms with Gasteiger partial charge in [0.2, 0.25) is 0 Å². The minimum Gasteiger partial charge on any atom is -0.319 e. The van der Waals surface area contributed by atoms with Crippen LogP contribution in [0.4, 0.5) is 10.5 Å². The van der Waals surface area contributed by atoms with Gasteiger partial charge in [0.05, 0.1) is 11.5 Å². The Labute approximate surface area is 144 Å². The number of rotatable bonds is 4. The van der Waals surface area contributed by atoms with Crippen molar-refractivity contribution >= 4 is 17.6 Å². The van der Waals surface area contributed by atoms with Crippen LogP contribution in [0.2, 0.25) is 0 Å². The van der Waals surface area contributed by atoms with Crippen molar-refractivity contribution in [3.8, 4) is 0 Å². The zero-order valence-corrected chi connectivity index (χ0v) is 13.9. The monoisotopic (exact) mass is 339 g/mol. The number of nitro benzene ring substituents is 1. The van der Waals surface area contributed by atoms with Crippen LogP contribution < -0.4 is 5.32 Å². The van der Waals surface area contributed by atoms with E-state index >= 15 is 0 Å². The molecule has 1 unspecified atom stereocenters. The van der Waals surface area contributed by atoms with Crippen molar-refractivity contribution < 1.29 is 14.5 Å². The van der Waals surface area contributed by atoms with Crippen LogP contribution in [0.15, 0.2) is 48.5 Å². The molecule has 2 aromatic carbocycles. The number of benzene rings is 2. The van der Waals surface area contributed by atoms with Gasteiger partial charge in [0.15, 0.2) is 0 Å². The van der Waals surface area contributed by atoms with Crippen LogP contribution in [0.5, 0.6) is 0 Å². The van der Waals surface area contributed by atoms with Crippen LogP contribution in [0.3, 0.4) is 0 Å². The zero-order chi connectivity index (χ0) is 18.2. The van der Waals surface area contributed by atoms with E-state index in [1.54, 1.807) is 6.92 Å². The Kier molecular flexibility index (Phi) is 4.00. The lowest BCUT2D eigenvalue weighted by Crippen LogP contribution is -2.40. The fourth-order valence-electron chi connectivity index (χ4n) is 2.91. The molecule has 0 radical (unpaired) electrons. The number of urea groups is 1. The maximum Gasteiger partial charge on any atom is 0.325 e. The SMILES string of the molecule is Cc1ccccc1CN1C(=O)NC(C)(c2ccc([N+](=O)[O-])cc2)C1=O. The highest BCUT2D eigenvalue weighted by molar-refractivity contribution is 6.07. The molecule has 2 aromatic rings. The van der Waals surface area contributed by atoms with Gasteiger partial charge in [-0.1, -0.05) is 24.3 Å². The average Bonchev–Trinajstić information content (AvgIpc) is 2.81. The standard InChI is InChI=1S/C18H17N3O4/c1-12-5-3-4-6-13(12)11-20-16(22)18(2,19-17(20)23)14-7-9-15(10-8-14)21(24)25/h3-10H,11H2,1-2H3,(H,19,23). The fraction of sp³-hybridized carbons (Fsp3) is 0.222. The summed E-state index contributed by atoms with van der Waals surface area (Å²) in [5.41, 5.74) is 1.07. The number of non-ortho nitro benzene ring substituents is 1. The topological polar surface area (TPSA) is 92.6 Å². The summed E-state index contributed by atoms with van der Waals surface area (Å²) in [5, 5.41) is 13.5. The molecule has 0 spiro atoms. The highest BCUT2D eigenvalue weighted by Gasteiger charge is 2.49. The molecule has 128 valence electrons. The Bertz CT molecular complexity index is 863. The highest BCUT2D eigenvalue weighted by Crippen LogP contribution is 2.31. The van der Waals surface area contributed by atoms with Crippen molar-refractivity contribution in [2.45, 2.75) is 25.9 Å². The number of nitro groups is 1. The van der Waals surface area contributed by atoms with E-state index < -0.39 is 16.5 Å². The van der Waals surface area contributed by atoms with E-state index in [4.69, 9.17) is 0 Å². The molecule has 1 aliphatic rings. The molecule has 1 N–H and O–H groups in total. The molecular weight excluding hydrogens is 322 g/mol. The molecule has 1 saturated heterocycles. The maximum absolute atomic E-state index is 12.9. The third-order valence-electron chi connectivity index (χ3n) is 4.52. The van der Waals surface area contributed by atoms with Crippen LogP contribution >= 0.6 is 0 Å². The third-order valence-corrected chi connectivity index (χ3v) is 4.52. The van der Waals surface area contributed by atoms with E-state index in [1.807, 2.05) is 31.2 Å². The zero-order valence-electron chi connectivity index (χ0n) is 13.9. The molecule has 3 rings (SSSR count). The third kappa shape index (κ3) is 2.84. The van der Waals surface area contributed by atoms with E-state index in [1.165, 1.54) is 29.2 Å². The van der Waals surface area contributed by atoms with Gasteiger partial charge in [-0.05, 0) is 42.7 Å². The predicted molar refractivity (Wildman–Crippen MR) is 90.7 cm³/mol. The summed E-state index contributed by atoms with van der Waals surface area (Å²) >= 11 is 0. The van der Waals surface area contributed by atoms with Crippen LogP contribution in [0.1, 0.15) is 23.6 Å². The number of hydrogen-bond acceptors (Lipinski definition) is 4. The van der Waals surface area contributed by atoms with Crippen molar-refractivity contribution in [3.63, 3.8) is 0 Å². The lowest BCUT2D eigenvalue weighted by molar-refractivity contribution is -0.384. The predicted octanol–water partition coefficient (Wildman–Crippen LogP) is 2.87. The maximum atomic E-state index is 12.9. The fourth-order valence-corrected chi connectivity index (χ4v) is 2.91. The molecule has 25 heavy (non-hydrogen) atoms. The van der Waals surface area contributed by atoms with Gasteiger partial charge >= 0.3 is 6.03 Å². The molecule has 1 heterocycles. The minimum absolute atomic E-state index is 0.0686. The molecule has 3 amide bonds. The number of amides is 3. The Hall–Kier alpha value is -3.22. The largest absolute Gasteiger partial charge is 0.325 e. The molecule has 0 aromatic heterocycles. The molecular formula is C18H17N3O4. The summed E-state index contributed by atoms with van der Waals surface area (Å²) in [6.07, 6.45) is 0. The molecule has 1 fully saturated rings. The molecule has 1 atom stereocenters. The Morgan fingerprint density at radius 2 is 1.76 bits per heavy atom. The second kappa shape index (κ2) is 6.01. The average molecular weight is 339 g/mol. The second-order valence-electron chi connectivity index (χ2n) is 6.18. The molecule has 7 heteroatoms. The van der Waals surface area contributed by atoms with Crippen LogP contribution in [0, 0.1) is 17.0 Å². The summed E-state index contributed by atoms with van der Waals surface area (Å²) in [7, 11) is 0. The molecule has 0 bridgehead atoms. The summed E-state index contributed by atoms with van der Waals surface area (Å²) in [6, 6.07) is 12.7. The second-order valence-corrected chi connectivity index (χ2v) is 6.18. The number of hydrogen-bond donors (Lipinski definition) is 1. The number of carbonyl (C=O) groups excluding carboxylic acids is 2. The Balaban J connectivity index is 1.89. The van der Waals surface area contributed by atoms with Crippen molar-refractivity contribution in [2.24, 2.45) is 0 Å². The van der Waals surface area contributed by atoms with Crippen molar-refractivity contribution in [2.75, 3.05) is 0 Å². The van der Waals surface area contributed by atoms with Crippen LogP contribution in [-0.2, 0) is 16.9 Å². The first-order chi connectivity index (χ1) is 11.8. The number of nitrogens with one attached hydrogen (secondary N) is 1. The van der Waals surface area contributed by atoms with Gasteiger partial charge in [0, 0.05) is 12.1 Å². The summed E-state index contributed by atoms with van der Waals surface area (Å²) < 4.78 is 0. The first-order valence-electron chi connectivity index (χ1n) is 7.76. The van der Waals surface area contributed by atoms with E-state index in [0.29, 0.717) is 5.56 Å². The van der Waals surface area contributed by atoms with Gasteiger partial charge < -0.3 is 5.32 Å². The number of carbonyl (C=O) groups is 2. The number of nitrogens with zero attached hydrogens (tertiary/aromatic N) is 2. The van der Waals surface area contributed by atoms with Gasteiger partial charge in [-0.3, -0.25) is 19.8 Å². The Morgan fingerprint density at radius 3 is 2.36 bits per heavy atom. The molecule has 7 nitrogen and oxygen atoms in total. The van der Waals surface area contributed by atoms with Crippen molar-refractivity contribution in [1.82, 2.24) is 10.2 Å². The number of imide groups is 1. The summed E-state index contributed by atoms with van der Waals surface area (Å²) in [5.74, 6) is -0.380. The lowest BCUT2D eigenvalue weighted by Gasteiger charge is -2.22. The summed E-state index contributed by atoms with van der Waals surface area (Å²) in [4.78, 5) is 36.7. The molecule has 0 aliphatic carbocycles. The van der Waals surface area contributed by atoms with Crippen LogP contribution in [0.25, 0.3) is 0 Å². The lowest BCUT2D eigenvalue weighted by atomic mass is 9.92. The van der Waals surface area contributed by atoms with E-state index in [2.05, 4.69) is 5.32 Å². The summed E-state index contributed by atoms with van der Waals surface area (Å²) in [6.45, 7) is 3.70. The first kappa shape index (κ1) is 16.6. The van der Waals surface area contributed by atoms with Gasteiger partial charge in [0.1, 0.15) is 5.54 Å². The van der Waals surface area contributed by atoms with E-state index in [0.717, 1.165) is 11.1 Å². The van der Waals surface area contributed by atoms with Gasteiger partial charge in [0.25, 0.3) is 11.6 Å². The van der Waals surface area contributed by atoms with Crippen molar-refractivity contribution in [3.05, 3.63) is 75.3 Å². The normalized spacial score (nSPS) is 19.8. The van der Waals surface area contributed by atoms with Gasteiger partial charge in [-0.25, -0.2) is 4.79 Å². The van der Waals surface area contributed by atoms with Gasteiger partial charge in [-0.15, -0.1) is 0 Å². The number of aryl methyl sites for hydroxylation is 1.